The second-order valence-electron chi connectivity index (χ2n) is 4.32. The number of hydrogen-bond acceptors (Lipinski definition) is 4. The van der Waals surface area contributed by atoms with Crippen LogP contribution >= 0.6 is 11.6 Å². The van der Waals surface area contributed by atoms with Gasteiger partial charge in [0.15, 0.2) is 5.82 Å². The molecule has 0 aliphatic heterocycles. The molecule has 0 unspecified atom stereocenters. The molecule has 2 rings (SSSR count). The van der Waals surface area contributed by atoms with Crippen molar-refractivity contribution >= 4 is 28.9 Å². The van der Waals surface area contributed by atoms with Crippen molar-refractivity contribution in [3.05, 3.63) is 41.2 Å². The molecule has 0 aliphatic rings. The van der Waals surface area contributed by atoms with E-state index < -0.39 is 0 Å². The van der Waals surface area contributed by atoms with Crippen LogP contribution in [0.2, 0.25) is 5.02 Å². The highest BCUT2D eigenvalue weighted by molar-refractivity contribution is 6.33. The molecule has 0 saturated carbocycles. The Morgan fingerprint density at radius 2 is 2.00 bits per heavy atom. The van der Waals surface area contributed by atoms with Crippen LogP contribution in [-0.4, -0.2) is 16.5 Å². The second kappa shape index (κ2) is 6.38. The molecular weight excluding hydrogens is 260 g/mol. The van der Waals surface area contributed by atoms with Crippen molar-refractivity contribution in [2.45, 2.75) is 20.3 Å². The van der Waals surface area contributed by atoms with Gasteiger partial charge in [0.1, 0.15) is 5.82 Å². The van der Waals surface area contributed by atoms with Crippen LogP contribution in [0.15, 0.2) is 30.6 Å². The van der Waals surface area contributed by atoms with Crippen molar-refractivity contribution < 1.29 is 0 Å². The Kier molecular flexibility index (Phi) is 4.58. The molecule has 5 heteroatoms. The molecule has 0 aliphatic carbocycles. The molecule has 0 amide bonds. The van der Waals surface area contributed by atoms with E-state index in [1.807, 2.05) is 25.1 Å². The molecule has 0 bridgehead atoms. The first-order chi connectivity index (χ1) is 9.19. The van der Waals surface area contributed by atoms with Gasteiger partial charge in [0, 0.05) is 6.54 Å². The lowest BCUT2D eigenvalue weighted by atomic mass is 10.2. The first-order valence-electron chi connectivity index (χ1n) is 6.28. The third kappa shape index (κ3) is 3.83. The van der Waals surface area contributed by atoms with E-state index in [1.54, 1.807) is 12.4 Å². The van der Waals surface area contributed by atoms with Gasteiger partial charge in [-0.1, -0.05) is 24.6 Å². The summed E-state index contributed by atoms with van der Waals surface area (Å²) in [5.41, 5.74) is 1.98. The first-order valence-corrected chi connectivity index (χ1v) is 6.66. The van der Waals surface area contributed by atoms with Crippen molar-refractivity contribution in [3.63, 3.8) is 0 Å². The fourth-order valence-corrected chi connectivity index (χ4v) is 1.80. The number of nitrogens with zero attached hydrogens (tertiary/aromatic N) is 2. The molecule has 2 N–H and O–H groups in total. The molecule has 0 saturated heterocycles. The summed E-state index contributed by atoms with van der Waals surface area (Å²) in [5.74, 6) is 1.43. The first kappa shape index (κ1) is 13.6. The van der Waals surface area contributed by atoms with Gasteiger partial charge in [0.25, 0.3) is 0 Å². The lowest BCUT2D eigenvalue weighted by molar-refractivity contribution is 0.965. The molecule has 100 valence electrons. The predicted molar refractivity (Wildman–Crippen MR) is 80.3 cm³/mol. The largest absolute Gasteiger partial charge is 0.369 e. The Bertz CT molecular complexity index is 557. The molecule has 4 nitrogen and oxygen atoms in total. The van der Waals surface area contributed by atoms with Crippen LogP contribution in [0.3, 0.4) is 0 Å². The number of aromatic nitrogens is 2. The van der Waals surface area contributed by atoms with Gasteiger partial charge in [-0.05, 0) is 31.0 Å². The number of hydrogen-bond donors (Lipinski definition) is 2. The van der Waals surface area contributed by atoms with Gasteiger partial charge < -0.3 is 10.6 Å². The van der Waals surface area contributed by atoms with E-state index in [-0.39, 0.29) is 0 Å². The lowest BCUT2D eigenvalue weighted by Crippen LogP contribution is -2.04. The Balaban J connectivity index is 2.16. The molecule has 19 heavy (non-hydrogen) atoms. The number of rotatable bonds is 5. The minimum absolute atomic E-state index is 0.666. The van der Waals surface area contributed by atoms with E-state index in [2.05, 4.69) is 27.5 Å². The Hall–Kier alpha value is -1.81. The highest BCUT2D eigenvalue weighted by atomic mass is 35.5. The minimum atomic E-state index is 0.666. The zero-order chi connectivity index (χ0) is 13.7. The summed E-state index contributed by atoms with van der Waals surface area (Å²) in [6.07, 6.45) is 4.43. The number of halogens is 1. The smallest absolute Gasteiger partial charge is 0.151 e. The van der Waals surface area contributed by atoms with Crippen molar-refractivity contribution in [2.75, 3.05) is 17.2 Å². The predicted octanol–water partition coefficient (Wildman–Crippen LogP) is 4.00. The molecule has 1 aromatic carbocycles. The highest BCUT2D eigenvalue weighted by Gasteiger charge is 2.03. The SMILES string of the molecule is CCCNc1cncc(Nc2cc(C)ccc2Cl)n1. The van der Waals surface area contributed by atoms with Crippen LogP contribution in [-0.2, 0) is 0 Å². The van der Waals surface area contributed by atoms with E-state index in [0.29, 0.717) is 10.8 Å². The standard InChI is InChI=1S/C14H17ClN4/c1-3-6-17-13-8-16-9-14(19-13)18-12-7-10(2)4-5-11(12)15/h4-5,7-9H,3,6H2,1-2H3,(H2,17,18,19). The molecule has 2 aromatic rings. The van der Waals surface area contributed by atoms with Gasteiger partial charge in [-0.15, -0.1) is 0 Å². The van der Waals surface area contributed by atoms with Gasteiger partial charge in [-0.3, -0.25) is 4.98 Å². The third-order valence-corrected chi connectivity index (χ3v) is 2.90. The zero-order valence-corrected chi connectivity index (χ0v) is 11.8. The van der Waals surface area contributed by atoms with Crippen LogP contribution in [0, 0.1) is 6.92 Å². The van der Waals surface area contributed by atoms with Gasteiger partial charge in [0.2, 0.25) is 0 Å². The fourth-order valence-electron chi connectivity index (χ4n) is 1.64. The maximum Gasteiger partial charge on any atom is 0.151 e. The zero-order valence-electron chi connectivity index (χ0n) is 11.1. The number of anilines is 3. The molecular formula is C14H17ClN4. The summed E-state index contributed by atoms with van der Waals surface area (Å²) >= 11 is 6.14. The monoisotopic (exact) mass is 276 g/mol. The summed E-state index contributed by atoms with van der Waals surface area (Å²) < 4.78 is 0. The second-order valence-corrected chi connectivity index (χ2v) is 4.73. The van der Waals surface area contributed by atoms with E-state index >= 15 is 0 Å². The van der Waals surface area contributed by atoms with Gasteiger partial charge >= 0.3 is 0 Å². The van der Waals surface area contributed by atoms with Crippen LogP contribution in [0.4, 0.5) is 17.3 Å². The summed E-state index contributed by atoms with van der Waals surface area (Å²) in [6, 6.07) is 5.82. The topological polar surface area (TPSA) is 49.8 Å². The number of aryl methyl sites for hydroxylation is 1. The summed E-state index contributed by atoms with van der Waals surface area (Å²) in [5, 5.41) is 7.05. The maximum atomic E-state index is 6.14. The number of nitrogens with one attached hydrogen (secondary N) is 2. The molecule has 0 fully saturated rings. The summed E-state index contributed by atoms with van der Waals surface area (Å²) in [7, 11) is 0. The van der Waals surface area contributed by atoms with Crippen molar-refractivity contribution in [1.82, 2.24) is 9.97 Å². The van der Waals surface area contributed by atoms with Crippen molar-refractivity contribution in [1.29, 1.82) is 0 Å². The third-order valence-electron chi connectivity index (χ3n) is 2.58. The van der Waals surface area contributed by atoms with Crippen LogP contribution in [0.25, 0.3) is 0 Å². The molecule has 0 atom stereocenters. The minimum Gasteiger partial charge on any atom is -0.369 e. The molecule has 0 radical (unpaired) electrons. The normalized spacial score (nSPS) is 10.3. The molecule has 0 spiro atoms. The van der Waals surface area contributed by atoms with E-state index in [9.17, 15) is 0 Å². The average molecular weight is 277 g/mol. The molecule has 1 aromatic heterocycles. The number of benzene rings is 1. The quantitative estimate of drug-likeness (QED) is 0.866. The van der Waals surface area contributed by atoms with Crippen LogP contribution in [0.5, 0.6) is 0 Å². The summed E-state index contributed by atoms with van der Waals surface area (Å²) in [6.45, 7) is 5.00. The highest BCUT2D eigenvalue weighted by Crippen LogP contribution is 2.25. The van der Waals surface area contributed by atoms with E-state index in [0.717, 1.165) is 30.0 Å². The maximum absolute atomic E-state index is 6.14. The van der Waals surface area contributed by atoms with E-state index in [1.165, 1.54) is 0 Å². The fraction of sp³-hybridized carbons (Fsp3) is 0.286. The van der Waals surface area contributed by atoms with Crippen molar-refractivity contribution in [3.8, 4) is 0 Å². The Morgan fingerprint density at radius 3 is 2.79 bits per heavy atom. The summed E-state index contributed by atoms with van der Waals surface area (Å²) in [4.78, 5) is 8.59. The van der Waals surface area contributed by atoms with Crippen molar-refractivity contribution in [2.24, 2.45) is 0 Å². The van der Waals surface area contributed by atoms with Gasteiger partial charge in [-0.25, -0.2) is 4.98 Å². The molecule has 1 heterocycles. The van der Waals surface area contributed by atoms with Gasteiger partial charge in [-0.2, -0.15) is 0 Å². The van der Waals surface area contributed by atoms with Crippen LogP contribution in [0.1, 0.15) is 18.9 Å². The van der Waals surface area contributed by atoms with Crippen LogP contribution < -0.4 is 10.6 Å². The lowest BCUT2D eigenvalue weighted by Gasteiger charge is -2.10. The Labute approximate surface area is 118 Å². The van der Waals surface area contributed by atoms with E-state index in [4.69, 9.17) is 11.6 Å². The average Bonchev–Trinajstić information content (AvgIpc) is 2.41. The van der Waals surface area contributed by atoms with Gasteiger partial charge in [0.05, 0.1) is 23.1 Å². The Morgan fingerprint density at radius 1 is 1.21 bits per heavy atom.